The number of hydrogen-bond donors (Lipinski definition) is 0. The fourth-order valence-corrected chi connectivity index (χ4v) is 2.47. The van der Waals surface area contributed by atoms with E-state index in [4.69, 9.17) is 9.47 Å². The number of carbonyl (C=O) groups excluding carboxylic acids is 2. The van der Waals surface area contributed by atoms with Gasteiger partial charge in [0, 0.05) is 39.3 Å². The van der Waals surface area contributed by atoms with Crippen LogP contribution in [0.1, 0.15) is 22.8 Å². The van der Waals surface area contributed by atoms with Crippen LogP contribution in [0.2, 0.25) is 0 Å². The summed E-state index contributed by atoms with van der Waals surface area (Å²) in [6.45, 7) is 2.09. The Balaban J connectivity index is 0.000000289. The largest absolute Gasteiger partial charge is 0.496 e. The second-order valence-electron chi connectivity index (χ2n) is 4.74. The fraction of sp³-hybridized carbons (Fsp3) is 0.222. The first-order chi connectivity index (χ1) is 12.9. The first-order valence-electron chi connectivity index (χ1n) is 7.63. The quantitative estimate of drug-likeness (QED) is 0.347. The third-order valence-corrected chi connectivity index (χ3v) is 3.74. The minimum absolute atomic E-state index is 0.336. The molecule has 2 heterocycles. The van der Waals surface area contributed by atoms with Crippen LogP contribution >= 0.6 is 31.9 Å². The molecule has 0 aliphatic rings. The van der Waals surface area contributed by atoms with Crippen molar-refractivity contribution < 1.29 is 23.8 Å². The molecule has 0 spiro atoms. The number of aromatic nitrogens is 2. The molecule has 2 aromatic rings. The first-order valence-corrected chi connectivity index (χ1v) is 9.22. The normalized spacial score (nSPS) is 10.3. The number of hydrogen-bond acceptors (Lipinski definition) is 7. The van der Waals surface area contributed by atoms with E-state index < -0.39 is 5.97 Å². The number of halogens is 2. The van der Waals surface area contributed by atoms with Crippen LogP contribution in [0, 0.1) is 0 Å². The monoisotopic (exact) mass is 500 g/mol. The molecule has 144 valence electrons. The highest BCUT2D eigenvalue weighted by molar-refractivity contribution is 9.10. The number of nitrogens with zero attached hydrogens (tertiary/aromatic N) is 2. The molecule has 0 bridgehead atoms. The average molecular weight is 502 g/mol. The maximum Gasteiger partial charge on any atom is 0.339 e. The van der Waals surface area contributed by atoms with E-state index in [1.807, 2.05) is 6.07 Å². The van der Waals surface area contributed by atoms with Crippen molar-refractivity contribution in [2.24, 2.45) is 0 Å². The second kappa shape index (κ2) is 12.2. The van der Waals surface area contributed by atoms with Gasteiger partial charge in [-0.1, -0.05) is 0 Å². The van der Waals surface area contributed by atoms with E-state index in [-0.39, 0.29) is 5.97 Å². The molecule has 0 saturated carbocycles. The summed E-state index contributed by atoms with van der Waals surface area (Å²) < 4.78 is 16.0. The maximum absolute atomic E-state index is 11.3. The van der Waals surface area contributed by atoms with Gasteiger partial charge < -0.3 is 14.2 Å². The van der Waals surface area contributed by atoms with Gasteiger partial charge in [-0.3, -0.25) is 9.97 Å². The van der Waals surface area contributed by atoms with E-state index in [1.165, 1.54) is 26.5 Å². The van der Waals surface area contributed by atoms with E-state index in [0.29, 0.717) is 23.5 Å². The van der Waals surface area contributed by atoms with Crippen LogP contribution in [-0.2, 0) is 19.0 Å². The highest BCUT2D eigenvalue weighted by Gasteiger charge is 2.06. The predicted molar refractivity (Wildman–Crippen MR) is 107 cm³/mol. The minimum Gasteiger partial charge on any atom is -0.496 e. The molecule has 0 aliphatic carbocycles. The van der Waals surface area contributed by atoms with Crippen molar-refractivity contribution in [1.82, 2.24) is 9.97 Å². The third-order valence-electron chi connectivity index (χ3n) is 2.87. The number of methoxy groups -OCH3 is 2. The lowest BCUT2D eigenvalue weighted by Crippen LogP contribution is -2.02. The molecule has 0 aromatic carbocycles. The Bertz CT molecular complexity index is 812. The van der Waals surface area contributed by atoms with E-state index in [1.54, 1.807) is 31.6 Å². The van der Waals surface area contributed by atoms with Crippen LogP contribution < -0.4 is 0 Å². The molecule has 0 saturated heterocycles. The van der Waals surface area contributed by atoms with Gasteiger partial charge >= 0.3 is 11.9 Å². The van der Waals surface area contributed by atoms with E-state index in [0.717, 1.165) is 8.95 Å². The highest BCUT2D eigenvalue weighted by atomic mass is 79.9. The fourth-order valence-electron chi connectivity index (χ4n) is 1.74. The summed E-state index contributed by atoms with van der Waals surface area (Å²) in [4.78, 5) is 29.9. The van der Waals surface area contributed by atoms with Crippen molar-refractivity contribution in [3.63, 3.8) is 0 Å². The number of ether oxygens (including phenoxy) is 3. The van der Waals surface area contributed by atoms with Crippen molar-refractivity contribution >= 4 is 49.6 Å². The second-order valence-corrected chi connectivity index (χ2v) is 6.57. The summed E-state index contributed by atoms with van der Waals surface area (Å²) in [5.41, 5.74) is 1.16. The summed E-state index contributed by atoms with van der Waals surface area (Å²) in [5.74, 6) is -0.384. The third kappa shape index (κ3) is 8.31. The van der Waals surface area contributed by atoms with Gasteiger partial charge in [0.25, 0.3) is 0 Å². The Morgan fingerprint density at radius 1 is 0.963 bits per heavy atom. The molecule has 0 unspecified atom stereocenters. The van der Waals surface area contributed by atoms with Crippen LogP contribution in [0.5, 0.6) is 0 Å². The molecule has 27 heavy (non-hydrogen) atoms. The molecular formula is C18H18Br2N2O5. The number of rotatable bonds is 5. The zero-order valence-corrected chi connectivity index (χ0v) is 18.1. The van der Waals surface area contributed by atoms with Crippen molar-refractivity contribution in [2.45, 2.75) is 6.92 Å². The smallest absolute Gasteiger partial charge is 0.339 e. The molecule has 9 heteroatoms. The Morgan fingerprint density at radius 2 is 1.52 bits per heavy atom. The summed E-state index contributed by atoms with van der Waals surface area (Å²) in [5, 5.41) is 0. The van der Waals surface area contributed by atoms with Gasteiger partial charge in [-0.05, 0) is 50.9 Å². The van der Waals surface area contributed by atoms with Gasteiger partial charge in [0.15, 0.2) is 0 Å². The van der Waals surface area contributed by atoms with Crippen LogP contribution in [0.15, 0.2) is 51.9 Å². The summed E-state index contributed by atoms with van der Waals surface area (Å²) >= 11 is 6.48. The van der Waals surface area contributed by atoms with Gasteiger partial charge in [-0.25, -0.2) is 9.59 Å². The molecule has 0 fully saturated rings. The average Bonchev–Trinajstić information content (AvgIpc) is 2.66. The van der Waals surface area contributed by atoms with Gasteiger partial charge in [0.1, 0.15) is 5.76 Å². The molecule has 0 aliphatic heterocycles. The Morgan fingerprint density at radius 3 is 2.00 bits per heavy atom. The topological polar surface area (TPSA) is 87.6 Å². The zero-order chi connectivity index (χ0) is 20.2. The van der Waals surface area contributed by atoms with E-state index >= 15 is 0 Å². The predicted octanol–water partition coefficient (Wildman–Crippen LogP) is 4.03. The van der Waals surface area contributed by atoms with Crippen molar-refractivity contribution in [3.05, 3.63) is 63.1 Å². The van der Waals surface area contributed by atoms with Crippen molar-refractivity contribution in [1.29, 1.82) is 0 Å². The lowest BCUT2D eigenvalue weighted by atomic mass is 10.2. The van der Waals surface area contributed by atoms with E-state index in [9.17, 15) is 9.59 Å². The summed E-state index contributed by atoms with van der Waals surface area (Å²) in [6, 6.07) is 3.46. The Hall–Kier alpha value is -2.26. The van der Waals surface area contributed by atoms with E-state index in [2.05, 4.69) is 46.6 Å². The molecule has 0 amide bonds. The molecule has 2 aromatic heterocycles. The molecule has 0 radical (unpaired) electrons. The lowest BCUT2D eigenvalue weighted by molar-refractivity contribution is -0.137. The van der Waals surface area contributed by atoms with Gasteiger partial charge in [0.05, 0.1) is 32.5 Å². The summed E-state index contributed by atoms with van der Waals surface area (Å²) in [7, 11) is 2.83. The lowest BCUT2D eigenvalue weighted by Gasteiger charge is -2.06. The Kier molecular flexibility index (Phi) is 10.3. The van der Waals surface area contributed by atoms with Gasteiger partial charge in [-0.2, -0.15) is 0 Å². The maximum atomic E-state index is 11.3. The zero-order valence-electron chi connectivity index (χ0n) is 14.9. The first kappa shape index (κ1) is 22.8. The van der Waals surface area contributed by atoms with Gasteiger partial charge in [-0.15, -0.1) is 0 Å². The van der Waals surface area contributed by atoms with Crippen LogP contribution in [-0.4, -0.2) is 42.7 Å². The molecule has 0 N–H and O–H groups in total. The Labute approximate surface area is 174 Å². The van der Waals surface area contributed by atoms with Crippen LogP contribution in [0.25, 0.3) is 5.76 Å². The van der Waals surface area contributed by atoms with Crippen molar-refractivity contribution in [3.8, 4) is 0 Å². The number of carbonyl (C=O) groups is 2. The molecule has 7 nitrogen and oxygen atoms in total. The van der Waals surface area contributed by atoms with Gasteiger partial charge in [0.2, 0.25) is 0 Å². The van der Waals surface area contributed by atoms with Crippen molar-refractivity contribution in [2.75, 3.05) is 20.8 Å². The molecular weight excluding hydrogens is 484 g/mol. The highest BCUT2D eigenvalue weighted by Crippen LogP contribution is 2.18. The molecule has 2 rings (SSSR count). The van der Waals surface area contributed by atoms with Crippen LogP contribution in [0.3, 0.4) is 0 Å². The summed E-state index contributed by atoms with van der Waals surface area (Å²) in [6.07, 6.45) is 7.62. The standard InChI is InChI=1S/C11H12BrNO3.C7H6BrNO2/c1-3-16-11(14)5-10(15-2)8-4-9(12)7-13-6-8;1-11-7(10)5-2-6(8)4-9-3-5/h4-7H,3H2,1-2H3;2-4H,1H3. The SMILES string of the molecule is CCOC(=O)C=C(OC)c1cncc(Br)c1.COC(=O)c1cncc(Br)c1. The minimum atomic E-state index is -0.431. The molecule has 0 atom stereocenters. The van der Waals surface area contributed by atoms with Crippen LogP contribution in [0.4, 0.5) is 0 Å². The number of esters is 2. The number of pyridine rings is 2.